The molecule has 0 heterocycles. The van der Waals surface area contributed by atoms with Gasteiger partial charge in [0.25, 0.3) is 0 Å². The normalized spacial score (nSPS) is 28.7. The van der Waals surface area contributed by atoms with Crippen LogP contribution in [0.25, 0.3) is 0 Å². The molecule has 0 aromatic rings. The summed E-state index contributed by atoms with van der Waals surface area (Å²) < 4.78 is 23.5. The Morgan fingerprint density at radius 1 is 1.06 bits per heavy atom. The summed E-state index contributed by atoms with van der Waals surface area (Å²) in [6, 6.07) is 0.773. The molecule has 3 nitrogen and oxygen atoms in total. The smallest absolute Gasteiger partial charge is 0.150 e. The lowest BCUT2D eigenvalue weighted by molar-refractivity contribution is 0.357. The third-order valence-corrected chi connectivity index (χ3v) is 6.27. The van der Waals surface area contributed by atoms with E-state index >= 15 is 0 Å². The molecule has 0 amide bonds. The van der Waals surface area contributed by atoms with Gasteiger partial charge in [-0.05, 0) is 50.5 Å². The molecule has 2 unspecified atom stereocenters. The highest BCUT2D eigenvalue weighted by atomic mass is 32.2. The van der Waals surface area contributed by atoms with Gasteiger partial charge in [0.05, 0.1) is 5.75 Å². The molecule has 0 saturated heterocycles. The van der Waals surface area contributed by atoms with E-state index in [2.05, 4.69) is 5.32 Å². The van der Waals surface area contributed by atoms with Gasteiger partial charge < -0.3 is 5.32 Å². The molecule has 0 spiro atoms. The van der Waals surface area contributed by atoms with E-state index in [-0.39, 0.29) is 0 Å². The lowest BCUT2D eigenvalue weighted by atomic mass is 9.93. The highest BCUT2D eigenvalue weighted by Gasteiger charge is 2.30. The molecule has 0 aromatic carbocycles. The molecule has 2 rings (SSSR count). The second-order valence-electron chi connectivity index (χ2n) is 6.07. The molecule has 2 saturated carbocycles. The van der Waals surface area contributed by atoms with E-state index in [1.54, 1.807) is 0 Å². The Bertz CT molecular complexity index is 349. The maximum Gasteiger partial charge on any atom is 0.150 e. The SMILES string of the molecule is CCCS(=O)(=O)CCC1CCCC1CNC1CC1. The number of rotatable bonds is 8. The Labute approximate surface area is 112 Å². The first-order valence-electron chi connectivity index (χ1n) is 7.54. The Morgan fingerprint density at radius 3 is 2.44 bits per heavy atom. The summed E-state index contributed by atoms with van der Waals surface area (Å²) >= 11 is 0. The van der Waals surface area contributed by atoms with Gasteiger partial charge in [-0.3, -0.25) is 0 Å². The highest BCUT2D eigenvalue weighted by molar-refractivity contribution is 7.91. The van der Waals surface area contributed by atoms with Crippen LogP contribution in [-0.2, 0) is 9.84 Å². The lowest BCUT2D eigenvalue weighted by Gasteiger charge is -2.20. The van der Waals surface area contributed by atoms with Crippen molar-refractivity contribution in [2.75, 3.05) is 18.1 Å². The van der Waals surface area contributed by atoms with Crippen LogP contribution in [0.1, 0.15) is 51.9 Å². The molecule has 2 fully saturated rings. The fourth-order valence-corrected chi connectivity index (χ4v) is 4.60. The molecular weight excluding hydrogens is 246 g/mol. The van der Waals surface area contributed by atoms with E-state index < -0.39 is 9.84 Å². The Balaban J connectivity index is 1.72. The molecule has 18 heavy (non-hydrogen) atoms. The Hall–Kier alpha value is -0.0900. The van der Waals surface area contributed by atoms with Crippen LogP contribution >= 0.6 is 0 Å². The van der Waals surface area contributed by atoms with Crippen molar-refractivity contribution in [2.24, 2.45) is 11.8 Å². The largest absolute Gasteiger partial charge is 0.314 e. The van der Waals surface area contributed by atoms with Gasteiger partial charge in [-0.15, -0.1) is 0 Å². The van der Waals surface area contributed by atoms with Crippen LogP contribution in [0.5, 0.6) is 0 Å². The summed E-state index contributed by atoms with van der Waals surface area (Å²) in [5, 5.41) is 3.60. The van der Waals surface area contributed by atoms with Crippen LogP contribution in [0.3, 0.4) is 0 Å². The maximum absolute atomic E-state index is 11.8. The zero-order valence-electron chi connectivity index (χ0n) is 11.5. The summed E-state index contributed by atoms with van der Waals surface area (Å²) in [4.78, 5) is 0. The molecule has 0 bridgehead atoms. The Morgan fingerprint density at radius 2 is 1.78 bits per heavy atom. The molecule has 106 valence electrons. The maximum atomic E-state index is 11.8. The molecule has 0 aromatic heterocycles. The van der Waals surface area contributed by atoms with Gasteiger partial charge in [0.1, 0.15) is 9.84 Å². The van der Waals surface area contributed by atoms with E-state index in [9.17, 15) is 8.42 Å². The quantitative estimate of drug-likeness (QED) is 0.738. The Kier molecular flexibility index (Phi) is 5.07. The molecule has 0 radical (unpaired) electrons. The van der Waals surface area contributed by atoms with Crippen molar-refractivity contribution in [2.45, 2.75) is 57.9 Å². The molecule has 0 aliphatic heterocycles. The van der Waals surface area contributed by atoms with Crippen molar-refractivity contribution in [3.63, 3.8) is 0 Å². The zero-order chi connectivity index (χ0) is 13.0. The van der Waals surface area contributed by atoms with E-state index in [1.165, 1.54) is 32.1 Å². The zero-order valence-corrected chi connectivity index (χ0v) is 12.3. The van der Waals surface area contributed by atoms with Gasteiger partial charge in [-0.25, -0.2) is 8.42 Å². The monoisotopic (exact) mass is 273 g/mol. The average Bonchev–Trinajstić information content (AvgIpc) is 3.03. The standard InChI is InChI=1S/C14H27NO2S/c1-2-9-18(16,17)10-8-12-4-3-5-13(12)11-15-14-6-7-14/h12-15H,2-11H2,1H3. The number of nitrogens with one attached hydrogen (secondary N) is 1. The fraction of sp³-hybridized carbons (Fsp3) is 1.00. The average molecular weight is 273 g/mol. The van der Waals surface area contributed by atoms with Gasteiger partial charge in [-0.2, -0.15) is 0 Å². The topological polar surface area (TPSA) is 46.2 Å². The molecule has 4 heteroatoms. The van der Waals surface area contributed by atoms with Gasteiger partial charge in [-0.1, -0.05) is 19.8 Å². The second kappa shape index (κ2) is 6.38. The lowest BCUT2D eigenvalue weighted by Crippen LogP contribution is -2.28. The minimum atomic E-state index is -2.78. The number of hydrogen-bond donors (Lipinski definition) is 1. The van der Waals surface area contributed by atoms with Crippen molar-refractivity contribution in [1.29, 1.82) is 0 Å². The van der Waals surface area contributed by atoms with Gasteiger partial charge in [0, 0.05) is 11.8 Å². The minimum absolute atomic E-state index is 0.366. The van der Waals surface area contributed by atoms with Crippen LogP contribution in [0.2, 0.25) is 0 Å². The summed E-state index contributed by atoms with van der Waals surface area (Å²) in [6.45, 7) is 3.05. The number of sulfone groups is 1. The van der Waals surface area contributed by atoms with E-state index in [1.807, 2.05) is 6.92 Å². The van der Waals surface area contributed by atoms with Crippen LogP contribution in [-0.4, -0.2) is 32.5 Å². The van der Waals surface area contributed by atoms with E-state index in [4.69, 9.17) is 0 Å². The molecule has 2 atom stereocenters. The van der Waals surface area contributed by atoms with Crippen LogP contribution in [0.4, 0.5) is 0 Å². The van der Waals surface area contributed by atoms with Gasteiger partial charge in [0.15, 0.2) is 0 Å². The number of hydrogen-bond acceptors (Lipinski definition) is 3. The predicted octanol–water partition coefficient (Wildman–Crippen LogP) is 2.37. The van der Waals surface area contributed by atoms with Crippen molar-refractivity contribution in [3.8, 4) is 0 Å². The van der Waals surface area contributed by atoms with E-state index in [0.717, 1.165) is 31.3 Å². The first-order chi connectivity index (χ1) is 8.61. The molecule has 2 aliphatic carbocycles. The first kappa shape index (κ1) is 14.3. The van der Waals surface area contributed by atoms with Crippen LogP contribution < -0.4 is 5.32 Å². The summed E-state index contributed by atoms with van der Waals surface area (Å²) in [6.07, 6.45) is 8.12. The minimum Gasteiger partial charge on any atom is -0.314 e. The predicted molar refractivity (Wildman–Crippen MR) is 75.4 cm³/mol. The highest BCUT2D eigenvalue weighted by Crippen LogP contribution is 2.34. The van der Waals surface area contributed by atoms with E-state index in [0.29, 0.717) is 17.4 Å². The molecule has 1 N–H and O–H groups in total. The van der Waals surface area contributed by atoms with Crippen molar-refractivity contribution >= 4 is 9.84 Å². The van der Waals surface area contributed by atoms with Crippen LogP contribution in [0, 0.1) is 11.8 Å². The second-order valence-corrected chi connectivity index (χ2v) is 8.38. The van der Waals surface area contributed by atoms with Crippen LogP contribution in [0.15, 0.2) is 0 Å². The summed E-state index contributed by atoms with van der Waals surface area (Å²) in [5.74, 6) is 2.14. The molecular formula is C14H27NO2S. The first-order valence-corrected chi connectivity index (χ1v) is 9.36. The third-order valence-electron chi connectivity index (χ3n) is 4.38. The summed E-state index contributed by atoms with van der Waals surface area (Å²) in [5.41, 5.74) is 0. The van der Waals surface area contributed by atoms with Gasteiger partial charge >= 0.3 is 0 Å². The fourth-order valence-electron chi connectivity index (χ4n) is 3.11. The summed E-state index contributed by atoms with van der Waals surface area (Å²) in [7, 11) is -2.78. The van der Waals surface area contributed by atoms with Gasteiger partial charge in [0.2, 0.25) is 0 Å². The van der Waals surface area contributed by atoms with Crippen molar-refractivity contribution in [1.82, 2.24) is 5.32 Å². The molecule has 2 aliphatic rings. The third kappa shape index (κ3) is 4.54. The van der Waals surface area contributed by atoms with Crippen molar-refractivity contribution in [3.05, 3.63) is 0 Å². The van der Waals surface area contributed by atoms with Crippen molar-refractivity contribution < 1.29 is 8.42 Å².